The molecule has 0 aromatic heterocycles. The number of nitrogens with zero attached hydrogens (tertiary/aromatic N) is 1. The Morgan fingerprint density at radius 3 is 2.40 bits per heavy atom. The predicted molar refractivity (Wildman–Crippen MR) is 58.9 cm³/mol. The van der Waals surface area contributed by atoms with Crippen molar-refractivity contribution in [3.05, 3.63) is 31.8 Å². The van der Waals surface area contributed by atoms with E-state index in [9.17, 15) is 15.2 Å². The molecule has 0 aliphatic carbocycles. The van der Waals surface area contributed by atoms with Crippen molar-refractivity contribution in [3.63, 3.8) is 0 Å². The van der Waals surface area contributed by atoms with Gasteiger partial charge < -0.3 is 5.11 Å². The molecular weight excluding hydrogens is 241 g/mol. The van der Waals surface area contributed by atoms with E-state index in [1.807, 2.05) is 13.8 Å². The first-order valence-corrected chi connectivity index (χ1v) is 4.97. The number of phenolic OH excluding ortho intramolecular Hbond substituents is 1. The minimum Gasteiger partial charge on any atom is -0.501 e. The molecule has 0 amide bonds. The molecule has 1 aromatic rings. The summed E-state index contributed by atoms with van der Waals surface area (Å²) in [5.74, 6) is -0.550. The number of hydrogen-bond donors (Lipinski definition) is 1. The molecule has 0 heterocycles. The minimum atomic E-state index is -0.725. The summed E-state index contributed by atoms with van der Waals surface area (Å²) in [5.41, 5.74) is 0.0378. The summed E-state index contributed by atoms with van der Waals surface area (Å²) in [4.78, 5) is 9.81. The summed E-state index contributed by atoms with van der Waals surface area (Å²) in [6, 6.07) is 1.11. The van der Waals surface area contributed by atoms with Crippen LogP contribution >= 0.6 is 23.2 Å². The van der Waals surface area contributed by atoms with Gasteiger partial charge in [-0.25, -0.2) is 0 Å². The highest BCUT2D eigenvalue weighted by Gasteiger charge is 2.23. The van der Waals surface area contributed by atoms with Crippen LogP contribution in [-0.4, -0.2) is 10.0 Å². The molecule has 0 aliphatic rings. The average Bonchev–Trinajstić information content (AvgIpc) is 2.10. The molecule has 1 N–H and O–H groups in total. The fraction of sp³-hybridized carbons (Fsp3) is 0.333. The molecule has 15 heavy (non-hydrogen) atoms. The molecule has 1 rings (SSSR count). The van der Waals surface area contributed by atoms with Crippen molar-refractivity contribution in [2.45, 2.75) is 19.8 Å². The Morgan fingerprint density at radius 2 is 2.00 bits per heavy atom. The molecule has 4 nitrogen and oxygen atoms in total. The van der Waals surface area contributed by atoms with Gasteiger partial charge in [0.25, 0.3) is 0 Å². The van der Waals surface area contributed by atoms with Crippen LogP contribution < -0.4 is 0 Å². The van der Waals surface area contributed by atoms with Gasteiger partial charge in [-0.05, 0) is 11.5 Å². The van der Waals surface area contributed by atoms with E-state index >= 15 is 0 Å². The maximum Gasteiger partial charge on any atom is 0.313 e. The Labute approximate surface area is 96.6 Å². The van der Waals surface area contributed by atoms with Crippen LogP contribution in [0.2, 0.25) is 10.0 Å². The smallest absolute Gasteiger partial charge is 0.313 e. The lowest BCUT2D eigenvalue weighted by atomic mass is 10.0. The summed E-state index contributed by atoms with van der Waals surface area (Å²) in [5, 5.41) is 20.2. The lowest BCUT2D eigenvalue weighted by Gasteiger charge is -2.11. The standard InChI is InChI=1S/C9H9Cl2NO3/c1-4(2)7-5(10)3-6(12(14)15)9(13)8(7)11/h3-4,13H,1-2H3. The normalized spacial score (nSPS) is 10.7. The van der Waals surface area contributed by atoms with Gasteiger partial charge in [0.2, 0.25) is 5.75 Å². The van der Waals surface area contributed by atoms with E-state index in [4.69, 9.17) is 23.2 Å². The van der Waals surface area contributed by atoms with Crippen LogP contribution in [0.25, 0.3) is 0 Å². The van der Waals surface area contributed by atoms with Crippen molar-refractivity contribution in [2.24, 2.45) is 0 Å². The number of hydrogen-bond acceptors (Lipinski definition) is 3. The maximum atomic E-state index is 10.5. The highest BCUT2D eigenvalue weighted by molar-refractivity contribution is 6.37. The van der Waals surface area contributed by atoms with Crippen LogP contribution in [0.5, 0.6) is 5.75 Å². The first kappa shape index (κ1) is 12.1. The highest BCUT2D eigenvalue weighted by atomic mass is 35.5. The van der Waals surface area contributed by atoms with Crippen molar-refractivity contribution < 1.29 is 10.0 Å². The Bertz CT molecular complexity index is 418. The van der Waals surface area contributed by atoms with Crippen molar-refractivity contribution in [1.29, 1.82) is 0 Å². The van der Waals surface area contributed by atoms with Gasteiger partial charge in [0.1, 0.15) is 0 Å². The van der Waals surface area contributed by atoms with E-state index in [-0.39, 0.29) is 16.0 Å². The van der Waals surface area contributed by atoms with Crippen LogP contribution in [0, 0.1) is 10.1 Å². The van der Waals surface area contributed by atoms with Gasteiger partial charge in [-0.3, -0.25) is 10.1 Å². The highest BCUT2D eigenvalue weighted by Crippen LogP contribution is 2.43. The molecule has 0 atom stereocenters. The lowest BCUT2D eigenvalue weighted by molar-refractivity contribution is -0.385. The number of nitro groups is 1. The largest absolute Gasteiger partial charge is 0.501 e. The monoisotopic (exact) mass is 249 g/mol. The molecule has 0 bridgehead atoms. The summed E-state index contributed by atoms with van der Waals surface area (Å²) >= 11 is 11.6. The Morgan fingerprint density at radius 1 is 1.47 bits per heavy atom. The Hall–Kier alpha value is -1.00. The van der Waals surface area contributed by atoms with Gasteiger partial charge in [0, 0.05) is 6.07 Å². The van der Waals surface area contributed by atoms with E-state index < -0.39 is 16.4 Å². The van der Waals surface area contributed by atoms with Gasteiger partial charge in [0.15, 0.2) is 0 Å². The molecule has 0 saturated carbocycles. The van der Waals surface area contributed by atoms with Gasteiger partial charge in [-0.1, -0.05) is 37.0 Å². The first-order chi connectivity index (χ1) is 6.86. The number of halogens is 2. The second-order valence-corrected chi connectivity index (χ2v) is 4.15. The van der Waals surface area contributed by atoms with Crippen LogP contribution in [-0.2, 0) is 0 Å². The fourth-order valence-corrected chi connectivity index (χ4v) is 2.16. The number of aromatic hydroxyl groups is 1. The SMILES string of the molecule is CC(C)c1c(Cl)cc([N+](=O)[O-])c(O)c1Cl. The first-order valence-electron chi connectivity index (χ1n) is 4.21. The third-order valence-electron chi connectivity index (χ3n) is 1.98. The van der Waals surface area contributed by atoms with Crippen molar-refractivity contribution >= 4 is 28.9 Å². The molecule has 0 spiro atoms. The Balaban J connectivity index is 3.51. The molecular formula is C9H9Cl2NO3. The van der Waals surface area contributed by atoms with Crippen molar-refractivity contribution in [2.75, 3.05) is 0 Å². The zero-order valence-corrected chi connectivity index (χ0v) is 9.63. The van der Waals surface area contributed by atoms with E-state index in [0.29, 0.717) is 5.56 Å². The summed E-state index contributed by atoms with van der Waals surface area (Å²) in [7, 11) is 0. The number of benzene rings is 1. The number of rotatable bonds is 2. The Kier molecular flexibility index (Phi) is 3.42. The summed E-state index contributed by atoms with van der Waals surface area (Å²) < 4.78 is 0. The van der Waals surface area contributed by atoms with Crippen LogP contribution in [0.4, 0.5) is 5.69 Å². The topological polar surface area (TPSA) is 63.4 Å². The van der Waals surface area contributed by atoms with Crippen molar-refractivity contribution in [3.8, 4) is 5.75 Å². The molecule has 6 heteroatoms. The lowest BCUT2D eigenvalue weighted by Crippen LogP contribution is -1.95. The molecule has 0 unspecified atom stereocenters. The second kappa shape index (κ2) is 4.24. The van der Waals surface area contributed by atoms with E-state index in [1.165, 1.54) is 0 Å². The molecule has 1 aromatic carbocycles. The quantitative estimate of drug-likeness (QED) is 0.642. The number of phenols is 1. The fourth-order valence-electron chi connectivity index (χ4n) is 1.28. The van der Waals surface area contributed by atoms with Crippen LogP contribution in [0.3, 0.4) is 0 Å². The maximum absolute atomic E-state index is 10.5. The molecule has 0 saturated heterocycles. The van der Waals surface area contributed by atoms with Gasteiger partial charge >= 0.3 is 5.69 Å². The number of nitro benzene ring substituents is 1. The predicted octanol–water partition coefficient (Wildman–Crippen LogP) is 3.73. The molecule has 0 fully saturated rings. The zero-order valence-electron chi connectivity index (χ0n) is 8.12. The minimum absolute atomic E-state index is 0.0169. The molecule has 0 radical (unpaired) electrons. The third-order valence-corrected chi connectivity index (χ3v) is 2.68. The third kappa shape index (κ3) is 2.16. The van der Waals surface area contributed by atoms with Crippen molar-refractivity contribution in [1.82, 2.24) is 0 Å². The van der Waals surface area contributed by atoms with Gasteiger partial charge in [-0.15, -0.1) is 0 Å². The van der Waals surface area contributed by atoms with Crippen LogP contribution in [0.1, 0.15) is 25.3 Å². The van der Waals surface area contributed by atoms with E-state index in [2.05, 4.69) is 0 Å². The molecule has 82 valence electrons. The van der Waals surface area contributed by atoms with E-state index in [0.717, 1.165) is 6.07 Å². The summed E-state index contributed by atoms with van der Waals surface area (Å²) in [6.07, 6.45) is 0. The average molecular weight is 250 g/mol. The van der Waals surface area contributed by atoms with Crippen LogP contribution in [0.15, 0.2) is 6.07 Å². The van der Waals surface area contributed by atoms with Gasteiger partial charge in [0.05, 0.1) is 15.0 Å². The second-order valence-electron chi connectivity index (χ2n) is 3.37. The molecule has 0 aliphatic heterocycles. The summed E-state index contributed by atoms with van der Waals surface area (Å²) in [6.45, 7) is 3.66. The zero-order chi connectivity index (χ0) is 11.7. The van der Waals surface area contributed by atoms with E-state index in [1.54, 1.807) is 0 Å². The van der Waals surface area contributed by atoms with Gasteiger partial charge in [-0.2, -0.15) is 0 Å².